The number of nitrogens with zero attached hydrogens (tertiary/aromatic N) is 2. The summed E-state index contributed by atoms with van der Waals surface area (Å²) in [4.78, 5) is 9.13. The molecular weight excluding hydrogens is 293 g/mol. The molecule has 0 amide bonds. The molecule has 2 aromatic rings. The molecular formula is C15H17Cl2N3. The van der Waals surface area contributed by atoms with Crippen molar-refractivity contribution >= 4 is 29.0 Å². The van der Waals surface area contributed by atoms with E-state index >= 15 is 0 Å². The summed E-state index contributed by atoms with van der Waals surface area (Å²) in [5, 5.41) is 4.33. The molecule has 0 unspecified atom stereocenters. The van der Waals surface area contributed by atoms with E-state index in [0.29, 0.717) is 10.0 Å². The molecule has 0 aliphatic heterocycles. The molecule has 0 fully saturated rings. The molecule has 1 aromatic heterocycles. The summed E-state index contributed by atoms with van der Waals surface area (Å²) in [5.74, 6) is 1.64. The zero-order valence-electron chi connectivity index (χ0n) is 11.8. The zero-order chi connectivity index (χ0) is 14.7. The van der Waals surface area contributed by atoms with Crippen LogP contribution < -0.4 is 5.32 Å². The molecule has 3 nitrogen and oxygen atoms in total. The lowest BCUT2D eigenvalue weighted by Gasteiger charge is -2.14. The molecule has 0 atom stereocenters. The lowest BCUT2D eigenvalue weighted by molar-refractivity contribution is 0.930. The quantitative estimate of drug-likeness (QED) is 0.885. The van der Waals surface area contributed by atoms with Gasteiger partial charge >= 0.3 is 0 Å². The number of rotatable bonds is 4. The molecule has 1 N–H and O–H groups in total. The summed E-state index contributed by atoms with van der Waals surface area (Å²) < 4.78 is 0. The van der Waals surface area contributed by atoms with Crippen LogP contribution in [0.2, 0.25) is 10.0 Å². The van der Waals surface area contributed by atoms with Gasteiger partial charge in [-0.1, -0.05) is 42.3 Å². The maximum Gasteiger partial charge on any atom is 0.133 e. The monoisotopic (exact) mass is 309 g/mol. The van der Waals surface area contributed by atoms with Crippen molar-refractivity contribution in [1.29, 1.82) is 0 Å². The van der Waals surface area contributed by atoms with Crippen molar-refractivity contribution in [3.63, 3.8) is 0 Å². The number of benzene rings is 1. The summed E-state index contributed by atoms with van der Waals surface area (Å²) in [5.41, 5.74) is 2.65. The van der Waals surface area contributed by atoms with Gasteiger partial charge in [-0.05, 0) is 19.9 Å². The molecule has 5 heteroatoms. The molecule has 0 aliphatic rings. The van der Waals surface area contributed by atoms with Gasteiger partial charge < -0.3 is 5.32 Å². The Balaban J connectivity index is 2.66. The maximum atomic E-state index is 6.31. The first-order valence-corrected chi connectivity index (χ1v) is 7.39. The fourth-order valence-corrected chi connectivity index (χ4v) is 2.40. The minimum absolute atomic E-state index is 0.528. The highest BCUT2D eigenvalue weighted by Crippen LogP contribution is 2.35. The summed E-state index contributed by atoms with van der Waals surface area (Å²) in [6.07, 6.45) is 0.768. The molecule has 0 bridgehead atoms. The van der Waals surface area contributed by atoms with Crippen LogP contribution in [0.5, 0.6) is 0 Å². The van der Waals surface area contributed by atoms with E-state index < -0.39 is 0 Å². The van der Waals surface area contributed by atoms with Crippen LogP contribution in [-0.4, -0.2) is 16.5 Å². The number of nitrogens with one attached hydrogen (secondary N) is 1. The van der Waals surface area contributed by atoms with Crippen molar-refractivity contribution in [1.82, 2.24) is 9.97 Å². The smallest absolute Gasteiger partial charge is 0.133 e. The fraction of sp³-hybridized carbons (Fsp3) is 0.333. The van der Waals surface area contributed by atoms with E-state index in [2.05, 4.69) is 15.3 Å². The van der Waals surface area contributed by atoms with Crippen molar-refractivity contribution in [2.45, 2.75) is 27.2 Å². The third-order valence-corrected chi connectivity index (χ3v) is 3.88. The average molecular weight is 310 g/mol. The van der Waals surface area contributed by atoms with Crippen LogP contribution in [0.3, 0.4) is 0 Å². The molecule has 106 valence electrons. The lowest BCUT2D eigenvalue weighted by Crippen LogP contribution is -2.07. The number of hydrogen-bond acceptors (Lipinski definition) is 3. The van der Waals surface area contributed by atoms with E-state index in [1.807, 2.05) is 32.9 Å². The Hall–Kier alpha value is -1.32. The number of hydrogen-bond donors (Lipinski definition) is 1. The minimum atomic E-state index is 0.528. The van der Waals surface area contributed by atoms with Gasteiger partial charge in [0.25, 0.3) is 0 Å². The van der Waals surface area contributed by atoms with E-state index in [1.54, 1.807) is 6.07 Å². The molecule has 0 spiro atoms. The number of anilines is 1. The lowest BCUT2D eigenvalue weighted by atomic mass is 10.1. The summed E-state index contributed by atoms with van der Waals surface area (Å²) in [6, 6.07) is 5.58. The Kier molecular flexibility index (Phi) is 4.84. The standard InChI is InChI=1S/C15H17Cl2N3/c1-4-12-19-14(9(3)15(20-12)18-5-2)10-7-6-8-11(16)13(10)17/h6-8H,4-5H2,1-3H3,(H,18,19,20). The summed E-state index contributed by atoms with van der Waals surface area (Å²) in [7, 11) is 0. The highest BCUT2D eigenvalue weighted by molar-refractivity contribution is 6.43. The second kappa shape index (κ2) is 6.42. The Morgan fingerprint density at radius 2 is 1.90 bits per heavy atom. The Morgan fingerprint density at radius 3 is 2.55 bits per heavy atom. The molecule has 0 saturated carbocycles. The second-order valence-corrected chi connectivity index (χ2v) is 5.23. The topological polar surface area (TPSA) is 37.8 Å². The van der Waals surface area contributed by atoms with Gasteiger partial charge in [-0.25, -0.2) is 9.97 Å². The van der Waals surface area contributed by atoms with Crippen molar-refractivity contribution in [3.8, 4) is 11.3 Å². The van der Waals surface area contributed by atoms with E-state index in [4.69, 9.17) is 23.2 Å². The van der Waals surface area contributed by atoms with Crippen molar-refractivity contribution in [3.05, 3.63) is 39.6 Å². The number of aryl methyl sites for hydroxylation is 1. The van der Waals surface area contributed by atoms with Gasteiger partial charge in [0.05, 0.1) is 15.7 Å². The molecule has 2 rings (SSSR count). The first kappa shape index (κ1) is 15.1. The van der Waals surface area contributed by atoms with Crippen LogP contribution in [-0.2, 0) is 6.42 Å². The zero-order valence-corrected chi connectivity index (χ0v) is 13.3. The second-order valence-electron chi connectivity index (χ2n) is 4.45. The van der Waals surface area contributed by atoms with Crippen LogP contribution in [0.15, 0.2) is 18.2 Å². The van der Waals surface area contributed by atoms with Gasteiger partial charge in [-0.3, -0.25) is 0 Å². The molecule has 1 heterocycles. The first-order chi connectivity index (χ1) is 9.58. The van der Waals surface area contributed by atoms with Gasteiger partial charge in [0.1, 0.15) is 11.6 Å². The minimum Gasteiger partial charge on any atom is -0.370 e. The Morgan fingerprint density at radius 1 is 1.15 bits per heavy atom. The SMILES string of the molecule is CCNc1nc(CC)nc(-c2cccc(Cl)c2Cl)c1C. The highest BCUT2D eigenvalue weighted by atomic mass is 35.5. The van der Waals surface area contributed by atoms with E-state index in [1.165, 1.54) is 0 Å². The maximum absolute atomic E-state index is 6.31. The van der Waals surface area contributed by atoms with Crippen LogP contribution >= 0.6 is 23.2 Å². The van der Waals surface area contributed by atoms with Crippen molar-refractivity contribution < 1.29 is 0 Å². The normalized spacial score (nSPS) is 10.7. The van der Waals surface area contributed by atoms with Crippen LogP contribution in [0.1, 0.15) is 25.2 Å². The first-order valence-electron chi connectivity index (χ1n) is 6.64. The Bertz CT molecular complexity index is 627. The average Bonchev–Trinajstić information content (AvgIpc) is 2.45. The van der Waals surface area contributed by atoms with Crippen molar-refractivity contribution in [2.24, 2.45) is 0 Å². The number of halogens is 2. The molecule has 1 aromatic carbocycles. The molecule has 0 aliphatic carbocycles. The van der Waals surface area contributed by atoms with E-state index in [9.17, 15) is 0 Å². The summed E-state index contributed by atoms with van der Waals surface area (Å²) in [6.45, 7) is 6.87. The predicted octanol–water partition coefficient (Wildman–Crippen LogP) is 4.75. The van der Waals surface area contributed by atoms with Crippen LogP contribution in [0, 0.1) is 6.92 Å². The molecule has 0 radical (unpaired) electrons. The van der Waals surface area contributed by atoms with E-state index in [0.717, 1.165) is 41.4 Å². The van der Waals surface area contributed by atoms with Gasteiger partial charge in [-0.15, -0.1) is 0 Å². The predicted molar refractivity (Wildman–Crippen MR) is 85.8 cm³/mol. The van der Waals surface area contributed by atoms with Gasteiger partial charge in [0.2, 0.25) is 0 Å². The number of aromatic nitrogens is 2. The van der Waals surface area contributed by atoms with Crippen LogP contribution in [0.25, 0.3) is 11.3 Å². The highest BCUT2D eigenvalue weighted by Gasteiger charge is 2.15. The van der Waals surface area contributed by atoms with E-state index in [-0.39, 0.29) is 0 Å². The Labute approximate surface area is 129 Å². The van der Waals surface area contributed by atoms with Gasteiger partial charge in [0.15, 0.2) is 0 Å². The largest absolute Gasteiger partial charge is 0.370 e. The van der Waals surface area contributed by atoms with Gasteiger partial charge in [0, 0.05) is 24.1 Å². The fourth-order valence-electron chi connectivity index (χ4n) is 2.01. The van der Waals surface area contributed by atoms with Crippen LogP contribution in [0.4, 0.5) is 5.82 Å². The molecule has 0 saturated heterocycles. The summed E-state index contributed by atoms with van der Waals surface area (Å²) >= 11 is 12.4. The third-order valence-electron chi connectivity index (χ3n) is 3.06. The van der Waals surface area contributed by atoms with Crippen molar-refractivity contribution in [2.75, 3.05) is 11.9 Å². The van der Waals surface area contributed by atoms with Gasteiger partial charge in [-0.2, -0.15) is 0 Å². The molecule has 20 heavy (non-hydrogen) atoms. The third kappa shape index (κ3) is 2.89.